The zero-order valence-electron chi connectivity index (χ0n) is 18.8. The van der Waals surface area contributed by atoms with Gasteiger partial charge in [-0.2, -0.15) is 0 Å². The molecule has 1 atom stereocenters. The molecule has 0 spiro atoms. The second-order valence-corrected chi connectivity index (χ2v) is 7.86. The summed E-state index contributed by atoms with van der Waals surface area (Å²) in [5.41, 5.74) is 11.0. The van der Waals surface area contributed by atoms with E-state index in [4.69, 9.17) is 19.9 Å². The number of carbonyl (C=O) groups is 2. The number of fused-ring (bicyclic) bond motifs is 1. The third kappa shape index (κ3) is 5.11. The highest BCUT2D eigenvalue weighted by molar-refractivity contribution is 5.99. The topological polar surface area (TPSA) is 91.1 Å². The molecule has 0 fully saturated rings. The Labute approximate surface area is 188 Å². The summed E-state index contributed by atoms with van der Waals surface area (Å²) in [6.07, 6.45) is 2.83. The van der Waals surface area contributed by atoms with E-state index >= 15 is 0 Å². The Hall–Kier alpha value is -3.32. The number of carbonyl (C=O) groups excluding carboxylic acids is 2. The van der Waals surface area contributed by atoms with Crippen LogP contribution in [0.5, 0.6) is 11.5 Å². The molecule has 3 rings (SSSR count). The zero-order chi connectivity index (χ0) is 23.3. The highest BCUT2D eigenvalue weighted by Gasteiger charge is 2.30. The minimum absolute atomic E-state index is 0.0796. The normalized spacial score (nSPS) is 13.7. The number of hydrogen-bond donors (Lipinski definition) is 1. The monoisotopic (exact) mass is 438 g/mol. The van der Waals surface area contributed by atoms with Gasteiger partial charge in [-0.1, -0.05) is 24.8 Å². The van der Waals surface area contributed by atoms with Crippen molar-refractivity contribution in [2.24, 2.45) is 5.73 Å². The quantitative estimate of drug-likeness (QED) is 0.401. The van der Waals surface area contributed by atoms with Gasteiger partial charge in [0, 0.05) is 6.54 Å². The van der Waals surface area contributed by atoms with Crippen LogP contribution in [-0.4, -0.2) is 38.4 Å². The number of nitrogens with two attached hydrogens (primary N) is 1. The number of para-hydroxylation sites is 1. The van der Waals surface area contributed by atoms with Crippen molar-refractivity contribution in [1.29, 1.82) is 0 Å². The number of aryl methyl sites for hydroxylation is 3. The fourth-order valence-corrected chi connectivity index (χ4v) is 4.10. The van der Waals surface area contributed by atoms with Gasteiger partial charge in [-0.05, 0) is 73.6 Å². The fourth-order valence-electron chi connectivity index (χ4n) is 4.10. The van der Waals surface area contributed by atoms with Crippen LogP contribution in [-0.2, 0) is 22.4 Å². The molecule has 1 heterocycles. The highest BCUT2D eigenvalue weighted by atomic mass is 16.7. The lowest BCUT2D eigenvalue weighted by Crippen LogP contribution is -2.47. The molecule has 0 aromatic heterocycles. The van der Waals surface area contributed by atoms with E-state index in [2.05, 4.69) is 6.58 Å². The molecule has 2 N–H and O–H groups in total. The summed E-state index contributed by atoms with van der Waals surface area (Å²) in [5.74, 6) is 0.926. The van der Waals surface area contributed by atoms with Crippen molar-refractivity contribution in [2.45, 2.75) is 39.2 Å². The molecule has 0 bridgehead atoms. The molecule has 7 heteroatoms. The maximum Gasteiger partial charge on any atom is 0.514 e. The number of hydrogen-bond acceptors (Lipinski definition) is 6. The summed E-state index contributed by atoms with van der Waals surface area (Å²) >= 11 is 0. The zero-order valence-corrected chi connectivity index (χ0v) is 18.8. The van der Waals surface area contributed by atoms with Gasteiger partial charge < -0.3 is 24.8 Å². The van der Waals surface area contributed by atoms with E-state index in [0.717, 1.165) is 40.8 Å². The van der Waals surface area contributed by atoms with E-state index in [1.54, 1.807) is 24.1 Å². The first-order chi connectivity index (χ1) is 15.3. The van der Waals surface area contributed by atoms with Crippen LogP contribution in [0.2, 0.25) is 0 Å². The van der Waals surface area contributed by atoms with E-state index in [-0.39, 0.29) is 12.5 Å². The number of benzene rings is 2. The van der Waals surface area contributed by atoms with Crippen LogP contribution in [0.4, 0.5) is 10.5 Å². The Balaban J connectivity index is 1.77. The van der Waals surface area contributed by atoms with Crippen molar-refractivity contribution >= 4 is 17.7 Å². The van der Waals surface area contributed by atoms with E-state index < -0.39 is 12.2 Å². The first-order valence-electron chi connectivity index (χ1n) is 10.6. The largest absolute Gasteiger partial charge is 0.514 e. The Morgan fingerprint density at radius 1 is 1.25 bits per heavy atom. The van der Waals surface area contributed by atoms with Crippen molar-refractivity contribution in [1.82, 2.24) is 0 Å². The molecule has 7 nitrogen and oxygen atoms in total. The molecule has 0 saturated carbocycles. The Morgan fingerprint density at radius 2 is 1.97 bits per heavy atom. The molecule has 1 amide bonds. The lowest BCUT2D eigenvalue weighted by Gasteiger charge is -2.32. The summed E-state index contributed by atoms with van der Waals surface area (Å²) in [5, 5.41) is 0. The first kappa shape index (κ1) is 23.3. The summed E-state index contributed by atoms with van der Waals surface area (Å²) in [6, 6.07) is 8.60. The van der Waals surface area contributed by atoms with Gasteiger partial charge in [0.1, 0.15) is 18.1 Å². The van der Waals surface area contributed by atoms with Crippen molar-refractivity contribution in [2.75, 3.05) is 25.2 Å². The SMILES string of the molecule is C=CCOC(=O)Oc1cc(C)c(C[C@@H](N)C(=O)N2CCCc3cccc(OC)c32)c(C)c1. The summed E-state index contributed by atoms with van der Waals surface area (Å²) < 4.78 is 15.6. The summed E-state index contributed by atoms with van der Waals surface area (Å²) in [4.78, 5) is 26.8. The highest BCUT2D eigenvalue weighted by Crippen LogP contribution is 2.36. The lowest BCUT2D eigenvalue weighted by molar-refractivity contribution is -0.119. The molecule has 32 heavy (non-hydrogen) atoms. The standard InChI is InChI=1S/C25H30N2O5/c1-5-12-31-25(29)32-19-13-16(2)20(17(3)14-19)15-21(26)24(28)27-11-7-9-18-8-6-10-22(30-4)23(18)27/h5-6,8,10,13-14,21H,1,7,9,11-12,15,26H2,2-4H3/t21-/m1/s1. The first-order valence-corrected chi connectivity index (χ1v) is 10.6. The molecule has 2 aromatic rings. The van der Waals surface area contributed by atoms with E-state index in [1.165, 1.54) is 6.08 Å². The maximum absolute atomic E-state index is 13.3. The molecule has 0 saturated heterocycles. The minimum Gasteiger partial charge on any atom is -0.495 e. The van der Waals surface area contributed by atoms with Gasteiger partial charge in [-0.15, -0.1) is 0 Å². The average molecular weight is 439 g/mol. The molecule has 170 valence electrons. The van der Waals surface area contributed by atoms with Gasteiger partial charge in [0.2, 0.25) is 5.91 Å². The average Bonchev–Trinajstić information content (AvgIpc) is 2.78. The molecular formula is C25H30N2O5. The van der Waals surface area contributed by atoms with Gasteiger partial charge in [0.25, 0.3) is 0 Å². The second-order valence-electron chi connectivity index (χ2n) is 7.86. The number of ether oxygens (including phenoxy) is 3. The van der Waals surface area contributed by atoms with Crippen LogP contribution < -0.4 is 20.1 Å². The smallest absolute Gasteiger partial charge is 0.495 e. The van der Waals surface area contributed by atoms with E-state index in [0.29, 0.717) is 24.5 Å². The van der Waals surface area contributed by atoms with Crippen LogP contribution in [0.3, 0.4) is 0 Å². The van der Waals surface area contributed by atoms with Crippen LogP contribution in [0, 0.1) is 13.8 Å². The maximum atomic E-state index is 13.3. The van der Waals surface area contributed by atoms with Gasteiger partial charge in [0.15, 0.2) is 0 Å². The number of amides is 1. The minimum atomic E-state index is -0.791. The van der Waals surface area contributed by atoms with Crippen LogP contribution in [0.15, 0.2) is 43.0 Å². The molecule has 0 aliphatic carbocycles. The predicted octanol–water partition coefficient (Wildman–Crippen LogP) is 3.86. The molecule has 0 unspecified atom stereocenters. The van der Waals surface area contributed by atoms with Crippen LogP contribution in [0.25, 0.3) is 0 Å². The fraction of sp³-hybridized carbons (Fsp3) is 0.360. The molecule has 0 radical (unpaired) electrons. The third-order valence-corrected chi connectivity index (χ3v) is 5.60. The Kier molecular flexibility index (Phi) is 7.53. The van der Waals surface area contributed by atoms with Gasteiger partial charge in [0.05, 0.1) is 18.8 Å². The number of methoxy groups -OCH3 is 1. The molecule has 2 aromatic carbocycles. The number of nitrogens with zero attached hydrogens (tertiary/aromatic N) is 1. The number of anilines is 1. The van der Waals surface area contributed by atoms with Crippen LogP contribution >= 0.6 is 0 Å². The summed E-state index contributed by atoms with van der Waals surface area (Å²) in [6.45, 7) is 7.99. The van der Waals surface area contributed by atoms with E-state index in [9.17, 15) is 9.59 Å². The van der Waals surface area contributed by atoms with Gasteiger partial charge in [-0.25, -0.2) is 4.79 Å². The lowest BCUT2D eigenvalue weighted by atomic mass is 9.94. The predicted molar refractivity (Wildman–Crippen MR) is 123 cm³/mol. The van der Waals surface area contributed by atoms with Crippen molar-refractivity contribution in [3.05, 3.63) is 65.2 Å². The molecule has 1 aliphatic heterocycles. The molecular weight excluding hydrogens is 408 g/mol. The van der Waals surface area contributed by atoms with Gasteiger partial charge >= 0.3 is 6.16 Å². The van der Waals surface area contributed by atoms with Crippen molar-refractivity contribution in [3.63, 3.8) is 0 Å². The second kappa shape index (κ2) is 10.3. The van der Waals surface area contributed by atoms with E-state index in [1.807, 2.05) is 32.0 Å². The number of rotatable bonds is 7. The van der Waals surface area contributed by atoms with Crippen LogP contribution in [0.1, 0.15) is 28.7 Å². The Morgan fingerprint density at radius 3 is 2.62 bits per heavy atom. The third-order valence-electron chi connectivity index (χ3n) is 5.60. The van der Waals surface area contributed by atoms with Crippen molar-refractivity contribution in [3.8, 4) is 11.5 Å². The van der Waals surface area contributed by atoms with Crippen molar-refractivity contribution < 1.29 is 23.8 Å². The van der Waals surface area contributed by atoms with Gasteiger partial charge in [-0.3, -0.25) is 4.79 Å². The summed E-state index contributed by atoms with van der Waals surface area (Å²) in [7, 11) is 1.61. The molecule has 1 aliphatic rings. The Bertz CT molecular complexity index is 980.